The van der Waals surface area contributed by atoms with Crippen molar-refractivity contribution in [2.45, 2.75) is 12.5 Å². The second-order valence-electron chi connectivity index (χ2n) is 3.68. The number of carbonyl (C=O) groups is 1. The van der Waals surface area contributed by atoms with Gasteiger partial charge in [-0.05, 0) is 19.1 Å². The van der Waals surface area contributed by atoms with Crippen LogP contribution in [-0.2, 0) is 0 Å². The number of aliphatic hydroxyl groups excluding tert-OH is 1. The summed E-state index contributed by atoms with van der Waals surface area (Å²) in [7, 11) is 0. The fraction of sp³-hybridized carbons (Fsp3) is 0.400. The highest BCUT2D eigenvalue weighted by molar-refractivity contribution is 6.29. The molecule has 0 fully saturated rings. The summed E-state index contributed by atoms with van der Waals surface area (Å²) in [6, 6.07) is 4.67. The molecule has 6 heteroatoms. The summed E-state index contributed by atoms with van der Waals surface area (Å²) >= 11 is 5.63. The average Bonchev–Trinajstić information content (AvgIpc) is 2.26. The number of aliphatic hydroxyl groups is 2. The number of hydrogen-bond donors (Lipinski definition) is 3. The van der Waals surface area contributed by atoms with Crippen molar-refractivity contribution in [1.29, 1.82) is 0 Å². The van der Waals surface area contributed by atoms with Gasteiger partial charge in [0.2, 0.25) is 0 Å². The maximum absolute atomic E-state index is 11.5. The van der Waals surface area contributed by atoms with Crippen LogP contribution in [0.2, 0.25) is 5.15 Å². The van der Waals surface area contributed by atoms with Crippen molar-refractivity contribution in [3.05, 3.63) is 29.0 Å². The molecule has 0 aliphatic carbocycles. The van der Waals surface area contributed by atoms with Gasteiger partial charge < -0.3 is 15.5 Å². The fourth-order valence-corrected chi connectivity index (χ4v) is 1.12. The van der Waals surface area contributed by atoms with E-state index in [0.29, 0.717) is 0 Å². The van der Waals surface area contributed by atoms with E-state index in [1.165, 1.54) is 13.0 Å². The lowest BCUT2D eigenvalue weighted by Gasteiger charge is -2.20. The van der Waals surface area contributed by atoms with Crippen LogP contribution < -0.4 is 5.32 Å². The zero-order chi connectivity index (χ0) is 12.2. The fourth-order valence-electron chi connectivity index (χ4n) is 0.952. The van der Waals surface area contributed by atoms with Crippen LogP contribution in [-0.4, -0.2) is 39.9 Å². The molecule has 0 saturated heterocycles. The largest absolute Gasteiger partial charge is 0.393 e. The monoisotopic (exact) mass is 244 g/mol. The molecule has 0 aliphatic rings. The molecule has 1 aromatic rings. The number of nitrogens with zero attached hydrogens (tertiary/aromatic N) is 1. The zero-order valence-corrected chi connectivity index (χ0v) is 9.53. The molecule has 1 atom stereocenters. The van der Waals surface area contributed by atoms with Crippen molar-refractivity contribution in [3.8, 4) is 0 Å². The zero-order valence-electron chi connectivity index (χ0n) is 8.77. The first-order valence-electron chi connectivity index (χ1n) is 4.68. The number of nitrogens with one attached hydrogen (secondary N) is 1. The molecule has 0 aromatic carbocycles. The third-order valence-electron chi connectivity index (χ3n) is 1.92. The van der Waals surface area contributed by atoms with E-state index >= 15 is 0 Å². The van der Waals surface area contributed by atoms with Gasteiger partial charge in [0, 0.05) is 6.54 Å². The molecular formula is C10H13ClN2O3. The summed E-state index contributed by atoms with van der Waals surface area (Å²) in [4.78, 5) is 15.3. The Labute approximate surface area is 98.1 Å². The van der Waals surface area contributed by atoms with E-state index in [1.54, 1.807) is 12.1 Å². The SMILES string of the molecule is CC(O)(CO)CNC(=O)c1cccc(Cl)n1. The number of pyridine rings is 1. The Morgan fingerprint density at radius 2 is 2.31 bits per heavy atom. The van der Waals surface area contributed by atoms with Crippen LogP contribution in [0.1, 0.15) is 17.4 Å². The summed E-state index contributed by atoms with van der Waals surface area (Å²) in [6.07, 6.45) is 0. The first-order valence-corrected chi connectivity index (χ1v) is 5.06. The molecule has 1 aromatic heterocycles. The molecule has 16 heavy (non-hydrogen) atoms. The van der Waals surface area contributed by atoms with Gasteiger partial charge in [-0.1, -0.05) is 17.7 Å². The predicted octanol–water partition coefficient (Wildman–Crippen LogP) is 0.208. The van der Waals surface area contributed by atoms with Crippen molar-refractivity contribution < 1.29 is 15.0 Å². The Bertz CT molecular complexity index is 382. The van der Waals surface area contributed by atoms with Gasteiger partial charge in [-0.25, -0.2) is 4.98 Å². The van der Waals surface area contributed by atoms with E-state index < -0.39 is 18.1 Å². The minimum Gasteiger partial charge on any atom is -0.393 e. The minimum absolute atomic E-state index is 0.0590. The highest BCUT2D eigenvalue weighted by Crippen LogP contribution is 2.05. The first-order chi connectivity index (χ1) is 7.44. The second-order valence-corrected chi connectivity index (χ2v) is 4.07. The molecule has 0 saturated carbocycles. The molecular weight excluding hydrogens is 232 g/mol. The Kier molecular flexibility index (Phi) is 4.23. The number of carbonyl (C=O) groups excluding carboxylic acids is 1. The number of aromatic nitrogens is 1. The summed E-state index contributed by atoms with van der Waals surface area (Å²) in [5.74, 6) is -0.448. The van der Waals surface area contributed by atoms with Gasteiger partial charge in [0.05, 0.1) is 6.61 Å². The number of rotatable bonds is 4. The van der Waals surface area contributed by atoms with Crippen LogP contribution in [0, 0.1) is 0 Å². The molecule has 0 aliphatic heterocycles. The van der Waals surface area contributed by atoms with Gasteiger partial charge in [-0.3, -0.25) is 4.79 Å². The van der Waals surface area contributed by atoms with Crippen LogP contribution >= 0.6 is 11.6 Å². The lowest BCUT2D eigenvalue weighted by Crippen LogP contribution is -2.43. The number of halogens is 1. The van der Waals surface area contributed by atoms with Gasteiger partial charge in [-0.15, -0.1) is 0 Å². The van der Waals surface area contributed by atoms with Crippen LogP contribution in [0.15, 0.2) is 18.2 Å². The number of hydrogen-bond acceptors (Lipinski definition) is 4. The summed E-state index contributed by atoms with van der Waals surface area (Å²) in [6.45, 7) is 0.922. The third-order valence-corrected chi connectivity index (χ3v) is 2.13. The lowest BCUT2D eigenvalue weighted by molar-refractivity contribution is 0.00316. The Balaban J connectivity index is 2.60. The molecule has 3 N–H and O–H groups in total. The van der Waals surface area contributed by atoms with Crippen molar-refractivity contribution in [2.24, 2.45) is 0 Å². The standard InChI is InChI=1S/C10H13ClN2O3/c1-10(16,6-14)5-12-9(15)7-3-2-4-8(11)13-7/h2-4,14,16H,5-6H2,1H3,(H,12,15). The molecule has 0 spiro atoms. The quantitative estimate of drug-likeness (QED) is 0.662. The Hall–Kier alpha value is -1.17. The van der Waals surface area contributed by atoms with Crippen LogP contribution in [0.4, 0.5) is 0 Å². The lowest BCUT2D eigenvalue weighted by atomic mass is 10.1. The van der Waals surface area contributed by atoms with E-state index in [0.717, 1.165) is 0 Å². The second kappa shape index (κ2) is 5.25. The average molecular weight is 245 g/mol. The highest BCUT2D eigenvalue weighted by atomic mass is 35.5. The predicted molar refractivity (Wildman–Crippen MR) is 59.3 cm³/mol. The van der Waals surface area contributed by atoms with Crippen LogP contribution in [0.5, 0.6) is 0 Å². The maximum atomic E-state index is 11.5. The Morgan fingerprint density at radius 3 is 2.88 bits per heavy atom. The van der Waals surface area contributed by atoms with Gasteiger partial charge in [0.1, 0.15) is 16.4 Å². The van der Waals surface area contributed by atoms with E-state index in [1.807, 2.05) is 0 Å². The highest BCUT2D eigenvalue weighted by Gasteiger charge is 2.20. The van der Waals surface area contributed by atoms with Crippen molar-refractivity contribution in [1.82, 2.24) is 10.3 Å². The van der Waals surface area contributed by atoms with Gasteiger partial charge in [-0.2, -0.15) is 0 Å². The summed E-state index contributed by atoms with van der Waals surface area (Å²) in [5, 5.41) is 20.9. The van der Waals surface area contributed by atoms with E-state index in [-0.39, 0.29) is 17.4 Å². The number of amides is 1. The van der Waals surface area contributed by atoms with Crippen molar-refractivity contribution in [3.63, 3.8) is 0 Å². The molecule has 0 radical (unpaired) electrons. The molecule has 88 valence electrons. The van der Waals surface area contributed by atoms with Crippen molar-refractivity contribution >= 4 is 17.5 Å². The first kappa shape index (κ1) is 12.9. The van der Waals surface area contributed by atoms with E-state index in [9.17, 15) is 9.90 Å². The Morgan fingerprint density at radius 1 is 1.62 bits per heavy atom. The normalized spacial score (nSPS) is 14.2. The molecule has 1 unspecified atom stereocenters. The van der Waals surface area contributed by atoms with Crippen LogP contribution in [0.3, 0.4) is 0 Å². The topological polar surface area (TPSA) is 82.5 Å². The van der Waals surface area contributed by atoms with E-state index in [4.69, 9.17) is 16.7 Å². The maximum Gasteiger partial charge on any atom is 0.270 e. The molecule has 1 amide bonds. The van der Waals surface area contributed by atoms with Crippen LogP contribution in [0.25, 0.3) is 0 Å². The smallest absolute Gasteiger partial charge is 0.270 e. The summed E-state index contributed by atoms with van der Waals surface area (Å²) in [5.41, 5.74) is -1.17. The van der Waals surface area contributed by atoms with Gasteiger partial charge in [0.15, 0.2) is 0 Å². The molecule has 0 bridgehead atoms. The van der Waals surface area contributed by atoms with Gasteiger partial charge >= 0.3 is 0 Å². The third kappa shape index (κ3) is 3.77. The van der Waals surface area contributed by atoms with Gasteiger partial charge in [0.25, 0.3) is 5.91 Å². The minimum atomic E-state index is -1.34. The molecule has 1 heterocycles. The van der Waals surface area contributed by atoms with Crippen molar-refractivity contribution in [2.75, 3.05) is 13.2 Å². The molecule has 5 nitrogen and oxygen atoms in total. The molecule has 1 rings (SSSR count). The van der Waals surface area contributed by atoms with E-state index in [2.05, 4.69) is 10.3 Å². The summed E-state index contributed by atoms with van der Waals surface area (Å²) < 4.78 is 0.